The smallest absolute Gasteiger partial charge is 0.279 e. The standard InChI is InChI=1S/C10H24N2O3S/c1-4-6-8-12(3)16(14,15)11-9-10(13)7-5-2/h10-11,13H,4-9H2,1-3H3. The van der Waals surface area contributed by atoms with Crippen molar-refractivity contribution in [1.29, 1.82) is 0 Å². The maximum absolute atomic E-state index is 11.6. The molecule has 2 N–H and O–H groups in total. The lowest BCUT2D eigenvalue weighted by atomic mass is 10.2. The van der Waals surface area contributed by atoms with Crippen LogP contribution in [0.4, 0.5) is 0 Å². The van der Waals surface area contributed by atoms with Crippen molar-refractivity contribution < 1.29 is 13.5 Å². The van der Waals surface area contributed by atoms with Crippen LogP contribution in [0.25, 0.3) is 0 Å². The molecule has 0 amide bonds. The predicted octanol–water partition coefficient (Wildman–Crippen LogP) is 0.714. The molecule has 0 aliphatic heterocycles. The van der Waals surface area contributed by atoms with E-state index in [4.69, 9.17) is 0 Å². The SMILES string of the molecule is CCCCN(C)S(=O)(=O)NCC(O)CCC. The normalized spacial score (nSPS) is 14.3. The van der Waals surface area contributed by atoms with E-state index < -0.39 is 16.3 Å². The molecule has 0 saturated heterocycles. The van der Waals surface area contributed by atoms with Crippen molar-refractivity contribution >= 4 is 10.2 Å². The Morgan fingerprint density at radius 1 is 1.31 bits per heavy atom. The Morgan fingerprint density at radius 3 is 2.44 bits per heavy atom. The van der Waals surface area contributed by atoms with Crippen LogP contribution in [0.1, 0.15) is 39.5 Å². The zero-order chi connectivity index (χ0) is 12.6. The van der Waals surface area contributed by atoms with Gasteiger partial charge in [0.1, 0.15) is 0 Å². The number of aliphatic hydroxyl groups is 1. The minimum atomic E-state index is -3.42. The highest BCUT2D eigenvalue weighted by atomic mass is 32.2. The molecule has 16 heavy (non-hydrogen) atoms. The summed E-state index contributed by atoms with van der Waals surface area (Å²) in [4.78, 5) is 0. The zero-order valence-electron chi connectivity index (χ0n) is 10.4. The minimum Gasteiger partial charge on any atom is -0.392 e. The largest absolute Gasteiger partial charge is 0.392 e. The molecule has 0 radical (unpaired) electrons. The third-order valence-electron chi connectivity index (χ3n) is 2.36. The summed E-state index contributed by atoms with van der Waals surface area (Å²) in [5.74, 6) is 0. The molecule has 0 aromatic rings. The van der Waals surface area contributed by atoms with Crippen molar-refractivity contribution in [3.05, 3.63) is 0 Å². The van der Waals surface area contributed by atoms with Gasteiger partial charge < -0.3 is 5.11 Å². The Balaban J connectivity index is 4.03. The molecule has 5 nitrogen and oxygen atoms in total. The van der Waals surface area contributed by atoms with E-state index in [1.54, 1.807) is 7.05 Å². The Bertz CT molecular complexity index is 267. The van der Waals surface area contributed by atoms with E-state index in [2.05, 4.69) is 4.72 Å². The summed E-state index contributed by atoms with van der Waals surface area (Å²) in [5, 5.41) is 9.42. The van der Waals surface area contributed by atoms with Crippen LogP contribution in [0.2, 0.25) is 0 Å². The highest BCUT2D eigenvalue weighted by molar-refractivity contribution is 7.87. The van der Waals surface area contributed by atoms with Crippen LogP contribution >= 0.6 is 0 Å². The van der Waals surface area contributed by atoms with E-state index in [1.807, 2.05) is 13.8 Å². The third kappa shape index (κ3) is 6.42. The second-order valence-electron chi connectivity index (χ2n) is 3.97. The van der Waals surface area contributed by atoms with Gasteiger partial charge in [-0.05, 0) is 12.8 Å². The van der Waals surface area contributed by atoms with Gasteiger partial charge in [0.05, 0.1) is 6.10 Å². The topological polar surface area (TPSA) is 69.6 Å². The molecule has 0 bridgehead atoms. The summed E-state index contributed by atoms with van der Waals surface area (Å²) in [6.45, 7) is 4.56. The first-order chi connectivity index (χ1) is 7.44. The van der Waals surface area contributed by atoms with Gasteiger partial charge >= 0.3 is 0 Å². The second kappa shape index (κ2) is 8.00. The van der Waals surface area contributed by atoms with Gasteiger partial charge in [-0.2, -0.15) is 17.4 Å². The maximum Gasteiger partial charge on any atom is 0.279 e. The van der Waals surface area contributed by atoms with Crippen LogP contribution < -0.4 is 4.72 Å². The molecule has 98 valence electrons. The Morgan fingerprint density at radius 2 is 1.94 bits per heavy atom. The third-order valence-corrected chi connectivity index (χ3v) is 3.89. The molecular weight excluding hydrogens is 228 g/mol. The summed E-state index contributed by atoms with van der Waals surface area (Å²) < 4.78 is 27.0. The number of unbranched alkanes of at least 4 members (excludes halogenated alkanes) is 1. The first-order valence-corrected chi connectivity index (χ1v) is 7.27. The molecule has 0 heterocycles. The van der Waals surface area contributed by atoms with E-state index in [1.165, 1.54) is 4.31 Å². The molecule has 0 fully saturated rings. The molecule has 0 spiro atoms. The van der Waals surface area contributed by atoms with Crippen molar-refractivity contribution in [3.63, 3.8) is 0 Å². The number of aliphatic hydroxyl groups excluding tert-OH is 1. The Labute approximate surface area is 99.0 Å². The van der Waals surface area contributed by atoms with Gasteiger partial charge in [-0.15, -0.1) is 0 Å². The van der Waals surface area contributed by atoms with Gasteiger partial charge in [0.15, 0.2) is 0 Å². The fraction of sp³-hybridized carbons (Fsp3) is 1.00. The fourth-order valence-corrected chi connectivity index (χ4v) is 2.24. The molecule has 0 aliphatic carbocycles. The zero-order valence-corrected chi connectivity index (χ0v) is 11.3. The lowest BCUT2D eigenvalue weighted by molar-refractivity contribution is 0.166. The van der Waals surface area contributed by atoms with Gasteiger partial charge in [0.25, 0.3) is 10.2 Å². The number of hydrogen-bond donors (Lipinski definition) is 2. The molecule has 0 aromatic carbocycles. The monoisotopic (exact) mass is 252 g/mol. The number of hydrogen-bond acceptors (Lipinski definition) is 3. The van der Waals surface area contributed by atoms with E-state index in [9.17, 15) is 13.5 Å². The summed E-state index contributed by atoms with van der Waals surface area (Å²) in [5.41, 5.74) is 0. The van der Waals surface area contributed by atoms with Crippen LogP contribution in [0.15, 0.2) is 0 Å². The molecule has 6 heteroatoms. The summed E-state index contributed by atoms with van der Waals surface area (Å²) in [6, 6.07) is 0. The van der Waals surface area contributed by atoms with Crippen LogP contribution in [0.3, 0.4) is 0 Å². The Kier molecular flexibility index (Phi) is 7.91. The van der Waals surface area contributed by atoms with Crippen molar-refractivity contribution in [1.82, 2.24) is 9.03 Å². The van der Waals surface area contributed by atoms with Crippen LogP contribution in [0.5, 0.6) is 0 Å². The molecule has 0 aliphatic rings. The molecule has 0 aromatic heterocycles. The van der Waals surface area contributed by atoms with Crippen molar-refractivity contribution in [2.45, 2.75) is 45.6 Å². The molecule has 1 atom stereocenters. The highest BCUT2D eigenvalue weighted by Gasteiger charge is 2.17. The highest BCUT2D eigenvalue weighted by Crippen LogP contribution is 2.00. The van der Waals surface area contributed by atoms with Crippen LogP contribution in [0, 0.1) is 0 Å². The van der Waals surface area contributed by atoms with E-state index in [0.29, 0.717) is 13.0 Å². The summed E-state index contributed by atoms with van der Waals surface area (Å²) in [7, 11) is -1.88. The lowest BCUT2D eigenvalue weighted by Crippen LogP contribution is -2.41. The van der Waals surface area contributed by atoms with Crippen molar-refractivity contribution in [2.75, 3.05) is 20.1 Å². The van der Waals surface area contributed by atoms with E-state index >= 15 is 0 Å². The van der Waals surface area contributed by atoms with Crippen molar-refractivity contribution in [3.8, 4) is 0 Å². The summed E-state index contributed by atoms with van der Waals surface area (Å²) in [6.07, 6.45) is 2.66. The van der Waals surface area contributed by atoms with Gasteiger partial charge in [0.2, 0.25) is 0 Å². The predicted molar refractivity (Wildman–Crippen MR) is 65.4 cm³/mol. The average molecular weight is 252 g/mol. The molecule has 0 rings (SSSR count). The number of nitrogens with zero attached hydrogens (tertiary/aromatic N) is 1. The number of nitrogens with one attached hydrogen (secondary N) is 1. The Hall–Kier alpha value is -0.170. The lowest BCUT2D eigenvalue weighted by Gasteiger charge is -2.18. The molecule has 1 unspecified atom stereocenters. The minimum absolute atomic E-state index is 0.0899. The number of rotatable bonds is 9. The average Bonchev–Trinajstić information content (AvgIpc) is 2.23. The van der Waals surface area contributed by atoms with Crippen molar-refractivity contribution in [2.24, 2.45) is 0 Å². The van der Waals surface area contributed by atoms with Gasteiger partial charge in [0, 0.05) is 20.1 Å². The fourth-order valence-electron chi connectivity index (χ4n) is 1.25. The quantitative estimate of drug-likeness (QED) is 0.635. The summed E-state index contributed by atoms with van der Waals surface area (Å²) >= 11 is 0. The first-order valence-electron chi connectivity index (χ1n) is 5.83. The van der Waals surface area contributed by atoms with Gasteiger partial charge in [-0.1, -0.05) is 26.7 Å². The van der Waals surface area contributed by atoms with Gasteiger partial charge in [-0.25, -0.2) is 0 Å². The van der Waals surface area contributed by atoms with E-state index in [-0.39, 0.29) is 6.54 Å². The van der Waals surface area contributed by atoms with E-state index in [0.717, 1.165) is 19.3 Å². The van der Waals surface area contributed by atoms with Gasteiger partial charge in [-0.3, -0.25) is 0 Å². The maximum atomic E-state index is 11.6. The first kappa shape index (κ1) is 15.8. The molecular formula is C10H24N2O3S. The second-order valence-corrected chi connectivity index (χ2v) is 5.83. The van der Waals surface area contributed by atoms with Crippen LogP contribution in [-0.4, -0.2) is 44.1 Å². The molecule has 0 saturated carbocycles. The van der Waals surface area contributed by atoms with Crippen LogP contribution in [-0.2, 0) is 10.2 Å².